The Hall–Kier alpha value is -2.19. The van der Waals surface area contributed by atoms with Crippen LogP contribution in [0.25, 0.3) is 0 Å². The average Bonchev–Trinajstić information content (AvgIpc) is 3.01. The smallest absolute Gasteiger partial charge is 0.324 e. The number of aromatic amines is 1. The molecule has 3 rings (SSSR count). The van der Waals surface area contributed by atoms with Crippen LogP contribution in [-0.4, -0.2) is 41.8 Å². The van der Waals surface area contributed by atoms with Gasteiger partial charge in [0.25, 0.3) is 0 Å². The Kier molecular flexibility index (Phi) is 3.71. The molecule has 116 valence electrons. The number of carbonyl (C=O) groups is 1. The van der Waals surface area contributed by atoms with Crippen LogP contribution in [0.3, 0.4) is 0 Å². The van der Waals surface area contributed by atoms with Crippen LogP contribution >= 0.6 is 0 Å². The van der Waals surface area contributed by atoms with Crippen LogP contribution in [0.15, 0.2) is 41.6 Å². The fourth-order valence-electron chi connectivity index (χ4n) is 2.53. The minimum Gasteiger partial charge on any atom is -0.468 e. The molecule has 1 N–H and O–H groups in total. The van der Waals surface area contributed by atoms with E-state index in [-0.39, 0.29) is 17.9 Å². The maximum atomic E-state index is 12.8. The van der Waals surface area contributed by atoms with Gasteiger partial charge in [-0.1, -0.05) is 18.2 Å². The highest BCUT2D eigenvalue weighted by atomic mass is 32.2. The normalized spacial score (nSPS) is 18.7. The zero-order valence-electron chi connectivity index (χ0n) is 11.9. The fraction of sp³-hybridized carbons (Fsp3) is 0.286. The molecule has 1 aromatic carbocycles. The van der Waals surface area contributed by atoms with Gasteiger partial charge < -0.3 is 9.72 Å². The van der Waals surface area contributed by atoms with E-state index in [0.717, 1.165) is 4.31 Å². The van der Waals surface area contributed by atoms with Crippen LogP contribution in [0, 0.1) is 0 Å². The van der Waals surface area contributed by atoms with E-state index in [1.54, 1.807) is 18.2 Å². The van der Waals surface area contributed by atoms with Gasteiger partial charge in [-0.15, -0.1) is 0 Å². The highest BCUT2D eigenvalue weighted by molar-refractivity contribution is 7.89. The van der Waals surface area contributed by atoms with Crippen molar-refractivity contribution >= 4 is 16.0 Å². The molecule has 0 fully saturated rings. The maximum absolute atomic E-state index is 12.8. The molecule has 0 saturated carbocycles. The Morgan fingerprint density at radius 1 is 1.36 bits per heavy atom. The van der Waals surface area contributed by atoms with E-state index in [2.05, 4.69) is 9.97 Å². The molecule has 1 atom stereocenters. The number of hydrogen-bond acceptors (Lipinski definition) is 5. The van der Waals surface area contributed by atoms with E-state index in [1.165, 1.54) is 25.6 Å². The number of hydrogen-bond donors (Lipinski definition) is 1. The number of rotatable bonds is 3. The van der Waals surface area contributed by atoms with E-state index >= 15 is 0 Å². The molecule has 1 unspecified atom stereocenters. The Morgan fingerprint density at radius 3 is 2.77 bits per heavy atom. The second kappa shape index (κ2) is 5.54. The Morgan fingerprint density at radius 2 is 2.09 bits per heavy atom. The number of aromatic nitrogens is 2. The molecule has 0 amide bonds. The van der Waals surface area contributed by atoms with Crippen LogP contribution in [0.1, 0.15) is 11.4 Å². The van der Waals surface area contributed by atoms with E-state index in [4.69, 9.17) is 4.74 Å². The first-order valence-corrected chi connectivity index (χ1v) is 8.14. The van der Waals surface area contributed by atoms with Gasteiger partial charge in [0.05, 0.1) is 36.3 Å². The van der Waals surface area contributed by atoms with E-state index in [9.17, 15) is 13.2 Å². The summed E-state index contributed by atoms with van der Waals surface area (Å²) in [6, 6.07) is 7.13. The summed E-state index contributed by atoms with van der Waals surface area (Å²) in [5, 5.41) is 0. The van der Waals surface area contributed by atoms with Crippen LogP contribution in [0.2, 0.25) is 0 Å². The summed E-state index contributed by atoms with van der Waals surface area (Å²) in [6.45, 7) is 0.0618. The van der Waals surface area contributed by atoms with Crippen LogP contribution in [0.4, 0.5) is 0 Å². The number of carbonyl (C=O) groups excluding carboxylic acids is 1. The predicted molar refractivity (Wildman–Crippen MR) is 77.3 cm³/mol. The van der Waals surface area contributed by atoms with Crippen molar-refractivity contribution < 1.29 is 17.9 Å². The number of nitrogens with one attached hydrogen (secondary N) is 1. The number of H-pyrrole nitrogens is 1. The summed E-state index contributed by atoms with van der Waals surface area (Å²) in [6.07, 6.45) is 1.69. The topological polar surface area (TPSA) is 92.4 Å². The first kappa shape index (κ1) is 14.7. The van der Waals surface area contributed by atoms with Crippen molar-refractivity contribution in [3.8, 4) is 0 Å². The third kappa shape index (κ3) is 2.40. The lowest BCUT2D eigenvalue weighted by atomic mass is 10.1. The van der Waals surface area contributed by atoms with E-state index in [1.807, 2.05) is 0 Å². The molecule has 2 aromatic rings. The number of imidazole rings is 1. The third-order valence-electron chi connectivity index (χ3n) is 3.68. The summed E-state index contributed by atoms with van der Waals surface area (Å²) in [5.74, 6) is -0.590. The molecule has 7 nitrogen and oxygen atoms in total. The zero-order valence-corrected chi connectivity index (χ0v) is 12.7. The zero-order chi connectivity index (χ0) is 15.7. The van der Waals surface area contributed by atoms with Crippen molar-refractivity contribution in [1.29, 1.82) is 0 Å². The fourth-order valence-corrected chi connectivity index (χ4v) is 4.10. The predicted octanol–water partition coefficient (Wildman–Crippen LogP) is 0.698. The minimum atomic E-state index is -3.80. The van der Waals surface area contributed by atoms with Gasteiger partial charge in [0.1, 0.15) is 6.04 Å². The number of nitrogens with zero attached hydrogens (tertiary/aromatic N) is 2. The van der Waals surface area contributed by atoms with Crippen molar-refractivity contribution in [3.63, 3.8) is 0 Å². The second-order valence-corrected chi connectivity index (χ2v) is 6.82. The molecule has 2 heterocycles. The standard InChI is InChI=1S/C14H15N3O4S/c1-21-14(18)13-7-11-12(16-9-15-11)8-17(13)22(19,20)10-5-3-2-4-6-10/h2-6,9,13H,7-8H2,1H3,(H,15,16). The molecule has 0 radical (unpaired) electrons. The van der Waals surface area contributed by atoms with Crippen LogP contribution < -0.4 is 0 Å². The maximum Gasteiger partial charge on any atom is 0.324 e. The summed E-state index contributed by atoms with van der Waals surface area (Å²) >= 11 is 0. The van der Waals surface area contributed by atoms with Crippen molar-refractivity contribution in [2.45, 2.75) is 23.9 Å². The van der Waals surface area contributed by atoms with Crippen molar-refractivity contribution in [2.24, 2.45) is 0 Å². The summed E-state index contributed by atoms with van der Waals surface area (Å²) in [4.78, 5) is 19.2. The van der Waals surface area contributed by atoms with Crippen LogP contribution in [0.5, 0.6) is 0 Å². The Bertz CT molecular complexity index is 785. The molecule has 0 spiro atoms. The molecular formula is C14H15N3O4S. The lowest BCUT2D eigenvalue weighted by molar-refractivity contribution is -0.145. The summed E-state index contributed by atoms with van der Waals surface area (Å²) in [7, 11) is -2.56. The molecule has 22 heavy (non-hydrogen) atoms. The Balaban J connectivity index is 2.05. The van der Waals surface area contributed by atoms with Crippen molar-refractivity contribution in [3.05, 3.63) is 48.0 Å². The number of ether oxygens (including phenoxy) is 1. The van der Waals surface area contributed by atoms with Gasteiger partial charge in [-0.2, -0.15) is 4.31 Å². The second-order valence-electron chi connectivity index (χ2n) is 4.93. The average molecular weight is 321 g/mol. The molecule has 0 bridgehead atoms. The molecule has 8 heteroatoms. The molecule has 0 aliphatic carbocycles. The van der Waals surface area contributed by atoms with Crippen molar-refractivity contribution in [1.82, 2.24) is 14.3 Å². The monoisotopic (exact) mass is 321 g/mol. The molecule has 1 aromatic heterocycles. The highest BCUT2D eigenvalue weighted by Crippen LogP contribution is 2.27. The molecule has 1 aliphatic rings. The van der Waals surface area contributed by atoms with Gasteiger partial charge >= 0.3 is 5.97 Å². The van der Waals surface area contributed by atoms with E-state index in [0.29, 0.717) is 11.4 Å². The van der Waals surface area contributed by atoms with Gasteiger partial charge in [-0.05, 0) is 12.1 Å². The lowest BCUT2D eigenvalue weighted by Gasteiger charge is -2.32. The number of esters is 1. The quantitative estimate of drug-likeness (QED) is 0.840. The summed E-state index contributed by atoms with van der Waals surface area (Å²) < 4.78 is 31.6. The Labute approximate surface area is 128 Å². The van der Waals surface area contributed by atoms with Gasteiger partial charge in [-0.3, -0.25) is 4.79 Å². The number of benzene rings is 1. The molecule has 0 saturated heterocycles. The van der Waals surface area contributed by atoms with E-state index < -0.39 is 22.0 Å². The minimum absolute atomic E-state index is 0.0618. The number of methoxy groups -OCH3 is 1. The SMILES string of the molecule is COC(=O)C1Cc2nc[nH]c2CN1S(=O)(=O)c1ccccc1. The first-order chi connectivity index (χ1) is 10.5. The third-order valence-corrected chi connectivity index (χ3v) is 5.55. The lowest BCUT2D eigenvalue weighted by Crippen LogP contribution is -2.49. The van der Waals surface area contributed by atoms with Gasteiger partial charge in [0, 0.05) is 6.42 Å². The van der Waals surface area contributed by atoms with Gasteiger partial charge in [0.15, 0.2) is 0 Å². The first-order valence-electron chi connectivity index (χ1n) is 6.70. The highest BCUT2D eigenvalue weighted by Gasteiger charge is 2.41. The van der Waals surface area contributed by atoms with Crippen LogP contribution in [-0.2, 0) is 32.5 Å². The number of sulfonamides is 1. The van der Waals surface area contributed by atoms with Crippen molar-refractivity contribution in [2.75, 3.05) is 7.11 Å². The number of fused-ring (bicyclic) bond motifs is 1. The van der Waals surface area contributed by atoms with Gasteiger partial charge in [0.2, 0.25) is 10.0 Å². The molecular weight excluding hydrogens is 306 g/mol. The van der Waals surface area contributed by atoms with Gasteiger partial charge in [-0.25, -0.2) is 13.4 Å². The largest absolute Gasteiger partial charge is 0.468 e. The molecule has 1 aliphatic heterocycles. The summed E-state index contributed by atoms with van der Waals surface area (Å²) in [5.41, 5.74) is 1.38.